The van der Waals surface area contributed by atoms with Gasteiger partial charge in [0.15, 0.2) is 0 Å². The van der Waals surface area contributed by atoms with Crippen molar-refractivity contribution in [3.8, 4) is 11.1 Å². The first-order chi connectivity index (χ1) is 12.4. The summed E-state index contributed by atoms with van der Waals surface area (Å²) in [7, 11) is 0. The van der Waals surface area contributed by atoms with E-state index in [2.05, 4.69) is 0 Å². The number of hydrogen-bond donors (Lipinski definition) is 4. The zero-order valence-corrected chi connectivity index (χ0v) is 14.6. The molecule has 6 nitrogen and oxygen atoms in total. The minimum atomic E-state index is -0.822. The van der Waals surface area contributed by atoms with E-state index in [4.69, 9.17) is 21.7 Å². The number of hydrogen-bond acceptors (Lipinski definition) is 4. The number of carboxylic acid groups (broad SMARTS) is 2. The molecule has 0 aromatic heterocycles. The van der Waals surface area contributed by atoms with Gasteiger partial charge in [0.05, 0.1) is 0 Å². The van der Waals surface area contributed by atoms with Gasteiger partial charge in [-0.3, -0.25) is 9.59 Å². The summed E-state index contributed by atoms with van der Waals surface area (Å²) in [6.07, 6.45) is 2.45. The largest absolute Gasteiger partial charge is 0.481 e. The maximum Gasteiger partial charge on any atom is 0.303 e. The summed E-state index contributed by atoms with van der Waals surface area (Å²) in [6, 6.07) is 11.2. The van der Waals surface area contributed by atoms with Gasteiger partial charge in [0.1, 0.15) is 0 Å². The second-order valence-corrected chi connectivity index (χ2v) is 6.33. The van der Waals surface area contributed by atoms with E-state index in [-0.39, 0.29) is 12.8 Å². The van der Waals surface area contributed by atoms with Crippen LogP contribution in [-0.4, -0.2) is 22.2 Å². The highest BCUT2D eigenvalue weighted by molar-refractivity contribution is 5.75. The van der Waals surface area contributed by atoms with Gasteiger partial charge in [0.2, 0.25) is 0 Å². The Hall–Kier alpha value is -3.02. The quantitative estimate of drug-likeness (QED) is 0.510. The van der Waals surface area contributed by atoms with Crippen molar-refractivity contribution in [1.29, 1.82) is 0 Å². The lowest BCUT2D eigenvalue weighted by Crippen LogP contribution is -2.01. The minimum absolute atomic E-state index is 0.0987. The lowest BCUT2D eigenvalue weighted by atomic mass is 9.90. The summed E-state index contributed by atoms with van der Waals surface area (Å²) < 4.78 is 0. The van der Waals surface area contributed by atoms with E-state index in [0.717, 1.165) is 22.3 Å². The molecule has 26 heavy (non-hydrogen) atoms. The number of benzene rings is 2. The van der Waals surface area contributed by atoms with Crippen LogP contribution < -0.4 is 11.5 Å². The molecule has 6 N–H and O–H groups in total. The second-order valence-electron chi connectivity index (χ2n) is 6.33. The first-order valence-electron chi connectivity index (χ1n) is 8.57. The molecule has 0 unspecified atom stereocenters. The predicted octanol–water partition coefficient (Wildman–Crippen LogP) is 3.33. The molecule has 0 spiro atoms. The molecule has 0 atom stereocenters. The maximum atomic E-state index is 10.8. The fourth-order valence-electron chi connectivity index (χ4n) is 3.03. The Morgan fingerprint density at radius 2 is 1.12 bits per heavy atom. The lowest BCUT2D eigenvalue weighted by Gasteiger charge is -2.15. The molecule has 0 saturated carbocycles. The third-order valence-corrected chi connectivity index (χ3v) is 4.22. The molecule has 0 saturated heterocycles. The Morgan fingerprint density at radius 1 is 0.731 bits per heavy atom. The van der Waals surface area contributed by atoms with Crippen molar-refractivity contribution in [2.75, 3.05) is 11.5 Å². The van der Waals surface area contributed by atoms with Crippen LogP contribution in [0.2, 0.25) is 0 Å². The van der Waals surface area contributed by atoms with Crippen molar-refractivity contribution in [3.05, 3.63) is 47.5 Å². The second kappa shape index (κ2) is 8.89. The molecule has 138 valence electrons. The summed E-state index contributed by atoms with van der Waals surface area (Å²) in [5.74, 6) is -1.64. The summed E-state index contributed by atoms with van der Waals surface area (Å²) in [5, 5.41) is 17.7. The standard InChI is InChI=1S/C20H24N2O4/c21-15-7-9-17(13(11-15)3-1-5-19(23)24)18-10-8-16(22)12-14(18)4-2-6-20(25)26/h7-12H,1-6,21-22H2,(H,23,24)(H,25,26). The topological polar surface area (TPSA) is 127 Å². The van der Waals surface area contributed by atoms with E-state index in [0.29, 0.717) is 37.1 Å². The van der Waals surface area contributed by atoms with Crippen LogP contribution in [0.15, 0.2) is 36.4 Å². The Balaban J connectivity index is 2.34. The molecule has 6 heteroatoms. The number of anilines is 2. The molecule has 0 aliphatic carbocycles. The van der Waals surface area contributed by atoms with Crippen LogP contribution in [0.4, 0.5) is 11.4 Å². The number of carboxylic acids is 2. The van der Waals surface area contributed by atoms with Crippen LogP contribution in [-0.2, 0) is 22.4 Å². The van der Waals surface area contributed by atoms with Crippen LogP contribution in [0.5, 0.6) is 0 Å². The maximum absolute atomic E-state index is 10.8. The summed E-state index contributed by atoms with van der Waals surface area (Å²) >= 11 is 0. The van der Waals surface area contributed by atoms with Crippen molar-refractivity contribution in [2.24, 2.45) is 0 Å². The normalized spacial score (nSPS) is 10.6. The van der Waals surface area contributed by atoms with Crippen molar-refractivity contribution in [1.82, 2.24) is 0 Å². The highest BCUT2D eigenvalue weighted by atomic mass is 16.4. The van der Waals surface area contributed by atoms with Crippen molar-refractivity contribution < 1.29 is 19.8 Å². The Morgan fingerprint density at radius 3 is 1.46 bits per heavy atom. The molecule has 0 heterocycles. The third-order valence-electron chi connectivity index (χ3n) is 4.22. The third kappa shape index (κ3) is 5.51. The van der Waals surface area contributed by atoms with Crippen molar-refractivity contribution in [2.45, 2.75) is 38.5 Å². The van der Waals surface area contributed by atoms with Gasteiger partial charge >= 0.3 is 11.9 Å². The van der Waals surface area contributed by atoms with Crippen LogP contribution in [0, 0.1) is 0 Å². The average Bonchev–Trinajstić information content (AvgIpc) is 2.55. The van der Waals surface area contributed by atoms with Crippen LogP contribution in [0.1, 0.15) is 36.8 Å². The summed E-state index contributed by atoms with van der Waals surface area (Å²) in [6.45, 7) is 0. The predicted molar refractivity (Wildman–Crippen MR) is 102 cm³/mol. The van der Waals surface area contributed by atoms with Gasteiger partial charge in [-0.25, -0.2) is 0 Å². The smallest absolute Gasteiger partial charge is 0.303 e. The van der Waals surface area contributed by atoms with E-state index >= 15 is 0 Å². The molecule has 0 bridgehead atoms. The zero-order chi connectivity index (χ0) is 19.1. The molecular formula is C20H24N2O4. The summed E-state index contributed by atoms with van der Waals surface area (Å²) in [5.41, 5.74) is 17.0. The molecule has 0 aliphatic rings. The van der Waals surface area contributed by atoms with Gasteiger partial charge < -0.3 is 21.7 Å². The van der Waals surface area contributed by atoms with E-state index in [1.54, 1.807) is 0 Å². The number of nitrogens with two attached hydrogens (primary N) is 2. The number of carbonyl (C=O) groups is 2. The molecule has 0 amide bonds. The van der Waals surface area contributed by atoms with E-state index < -0.39 is 11.9 Å². The average molecular weight is 356 g/mol. The Bertz CT molecular complexity index is 735. The Labute approximate surface area is 152 Å². The lowest BCUT2D eigenvalue weighted by molar-refractivity contribution is -0.138. The highest BCUT2D eigenvalue weighted by Crippen LogP contribution is 2.32. The molecule has 0 radical (unpaired) electrons. The number of aliphatic carboxylic acids is 2. The SMILES string of the molecule is Nc1ccc(-c2ccc(N)cc2CCCC(=O)O)c(CCCC(=O)O)c1. The number of nitrogen functional groups attached to an aromatic ring is 2. The van der Waals surface area contributed by atoms with Crippen molar-refractivity contribution in [3.63, 3.8) is 0 Å². The molecule has 0 aliphatic heterocycles. The number of rotatable bonds is 9. The van der Waals surface area contributed by atoms with Crippen LogP contribution >= 0.6 is 0 Å². The first kappa shape index (κ1) is 19.3. The van der Waals surface area contributed by atoms with Gasteiger partial charge in [-0.15, -0.1) is 0 Å². The fraction of sp³-hybridized carbons (Fsp3) is 0.300. The summed E-state index contributed by atoms with van der Waals surface area (Å²) in [4.78, 5) is 21.6. The van der Waals surface area contributed by atoms with Crippen molar-refractivity contribution >= 4 is 23.3 Å². The minimum Gasteiger partial charge on any atom is -0.481 e. The molecular weight excluding hydrogens is 332 g/mol. The van der Waals surface area contributed by atoms with E-state index in [1.807, 2.05) is 36.4 Å². The molecule has 2 aromatic carbocycles. The van der Waals surface area contributed by atoms with Crippen LogP contribution in [0.25, 0.3) is 11.1 Å². The van der Waals surface area contributed by atoms with E-state index in [1.165, 1.54) is 0 Å². The molecule has 0 fully saturated rings. The molecule has 2 aromatic rings. The first-order valence-corrected chi connectivity index (χ1v) is 8.57. The van der Waals surface area contributed by atoms with Gasteiger partial charge in [0, 0.05) is 24.2 Å². The number of aryl methyl sites for hydroxylation is 2. The fourth-order valence-corrected chi connectivity index (χ4v) is 3.03. The zero-order valence-electron chi connectivity index (χ0n) is 14.6. The molecule has 2 rings (SSSR count). The highest BCUT2D eigenvalue weighted by Gasteiger charge is 2.12. The van der Waals surface area contributed by atoms with Gasteiger partial charge in [-0.1, -0.05) is 12.1 Å². The Kier molecular flexibility index (Phi) is 6.60. The van der Waals surface area contributed by atoms with E-state index in [9.17, 15) is 9.59 Å². The van der Waals surface area contributed by atoms with Gasteiger partial charge in [0.25, 0.3) is 0 Å². The van der Waals surface area contributed by atoms with Gasteiger partial charge in [-0.05, 0) is 72.2 Å². The monoisotopic (exact) mass is 356 g/mol. The van der Waals surface area contributed by atoms with Gasteiger partial charge in [-0.2, -0.15) is 0 Å². The van der Waals surface area contributed by atoms with Crippen LogP contribution in [0.3, 0.4) is 0 Å².